The van der Waals surface area contributed by atoms with Gasteiger partial charge >= 0.3 is 0 Å². The molecular formula is C15H15ClN4O. The second-order valence-corrected chi connectivity index (χ2v) is 5.12. The van der Waals surface area contributed by atoms with Crippen molar-refractivity contribution in [1.29, 1.82) is 0 Å². The highest BCUT2D eigenvalue weighted by molar-refractivity contribution is 6.28. The first kappa shape index (κ1) is 13.7. The van der Waals surface area contributed by atoms with E-state index in [2.05, 4.69) is 21.4 Å². The number of rotatable bonds is 5. The molecule has 0 aliphatic rings. The first-order valence-corrected chi connectivity index (χ1v) is 7.10. The van der Waals surface area contributed by atoms with Crippen molar-refractivity contribution in [2.45, 2.75) is 13.0 Å². The molecule has 2 aromatic heterocycles. The lowest BCUT2D eigenvalue weighted by atomic mass is 10.1. The number of H-pyrrole nitrogens is 1. The Morgan fingerprint density at radius 1 is 1.38 bits per heavy atom. The van der Waals surface area contributed by atoms with Crippen LogP contribution in [0.1, 0.15) is 5.56 Å². The maximum atomic E-state index is 11.8. The summed E-state index contributed by atoms with van der Waals surface area (Å²) in [6.45, 7) is 0.777. The number of nitrogens with zero attached hydrogens (tertiary/aromatic N) is 2. The van der Waals surface area contributed by atoms with Gasteiger partial charge in [0.1, 0.15) is 6.54 Å². The van der Waals surface area contributed by atoms with E-state index in [-0.39, 0.29) is 12.5 Å². The van der Waals surface area contributed by atoms with Crippen molar-refractivity contribution in [2.75, 3.05) is 6.54 Å². The number of carbonyl (C=O) groups excluding carboxylic acids is 1. The van der Waals surface area contributed by atoms with E-state index in [9.17, 15) is 4.79 Å². The number of hydrogen-bond donors (Lipinski definition) is 2. The molecule has 5 nitrogen and oxygen atoms in total. The van der Waals surface area contributed by atoms with Crippen LogP contribution in [0, 0.1) is 0 Å². The van der Waals surface area contributed by atoms with E-state index < -0.39 is 0 Å². The monoisotopic (exact) mass is 302 g/mol. The fourth-order valence-corrected chi connectivity index (χ4v) is 2.49. The van der Waals surface area contributed by atoms with Gasteiger partial charge in [-0.3, -0.25) is 4.79 Å². The first-order valence-electron chi connectivity index (χ1n) is 6.72. The molecular weight excluding hydrogens is 288 g/mol. The van der Waals surface area contributed by atoms with Crippen molar-refractivity contribution in [2.24, 2.45) is 0 Å². The predicted molar refractivity (Wildman–Crippen MR) is 82.2 cm³/mol. The van der Waals surface area contributed by atoms with E-state index in [1.165, 1.54) is 10.9 Å². The minimum Gasteiger partial charge on any atom is -0.361 e. The van der Waals surface area contributed by atoms with Gasteiger partial charge < -0.3 is 14.9 Å². The number of para-hydroxylation sites is 1. The molecule has 0 atom stereocenters. The number of hydrogen-bond acceptors (Lipinski definition) is 2. The zero-order valence-electron chi connectivity index (χ0n) is 11.3. The van der Waals surface area contributed by atoms with Crippen LogP contribution in [0.25, 0.3) is 10.9 Å². The summed E-state index contributed by atoms with van der Waals surface area (Å²) >= 11 is 5.83. The fourth-order valence-electron chi connectivity index (χ4n) is 2.31. The molecule has 108 valence electrons. The third-order valence-corrected chi connectivity index (χ3v) is 3.68. The number of carbonyl (C=O) groups is 1. The number of halogens is 1. The molecule has 1 aromatic carbocycles. The van der Waals surface area contributed by atoms with Crippen molar-refractivity contribution in [3.63, 3.8) is 0 Å². The minimum absolute atomic E-state index is 0.0743. The predicted octanol–water partition coefficient (Wildman–Crippen LogP) is 2.38. The quantitative estimate of drug-likeness (QED) is 0.760. The molecule has 0 bridgehead atoms. The average Bonchev–Trinajstić information content (AvgIpc) is 3.07. The molecule has 0 aliphatic carbocycles. The number of imidazole rings is 1. The number of aromatic amines is 1. The van der Waals surface area contributed by atoms with Crippen LogP contribution in [0.4, 0.5) is 0 Å². The minimum atomic E-state index is -0.0743. The third kappa shape index (κ3) is 3.08. The van der Waals surface area contributed by atoms with Gasteiger partial charge in [-0.25, -0.2) is 4.98 Å². The summed E-state index contributed by atoms with van der Waals surface area (Å²) in [7, 11) is 0. The molecule has 2 N–H and O–H groups in total. The first-order chi connectivity index (χ1) is 10.2. The van der Waals surface area contributed by atoms with E-state index in [4.69, 9.17) is 11.6 Å². The number of aromatic nitrogens is 3. The van der Waals surface area contributed by atoms with Crippen LogP contribution in [0.3, 0.4) is 0 Å². The van der Waals surface area contributed by atoms with E-state index in [1.807, 2.05) is 24.4 Å². The van der Waals surface area contributed by atoms with Crippen molar-refractivity contribution < 1.29 is 4.79 Å². The van der Waals surface area contributed by atoms with Gasteiger partial charge in [-0.05, 0) is 29.7 Å². The van der Waals surface area contributed by atoms with Crippen molar-refractivity contribution >= 4 is 28.4 Å². The standard InChI is InChI=1S/C15H15ClN4O/c16-15-18-7-8-20(15)10-14(21)17-6-5-11-9-19-13-4-2-1-3-12(11)13/h1-4,7-9,19H,5-6,10H2,(H,17,21). The Morgan fingerprint density at radius 2 is 2.24 bits per heavy atom. The SMILES string of the molecule is O=C(Cn1ccnc1Cl)NCCc1c[nH]c2ccccc12. The molecule has 0 saturated carbocycles. The normalized spacial score (nSPS) is 10.9. The van der Waals surface area contributed by atoms with E-state index in [0.29, 0.717) is 11.8 Å². The molecule has 0 aliphatic heterocycles. The van der Waals surface area contributed by atoms with Crippen LogP contribution in [0.15, 0.2) is 42.9 Å². The van der Waals surface area contributed by atoms with Crippen molar-refractivity contribution in [3.05, 3.63) is 53.7 Å². The summed E-state index contributed by atoms with van der Waals surface area (Å²) < 4.78 is 1.60. The van der Waals surface area contributed by atoms with Gasteiger partial charge in [0.15, 0.2) is 0 Å². The van der Waals surface area contributed by atoms with Crippen LogP contribution in [-0.4, -0.2) is 27.0 Å². The second kappa shape index (κ2) is 6.01. The number of amides is 1. The Kier molecular flexibility index (Phi) is 3.92. The molecule has 0 fully saturated rings. The van der Waals surface area contributed by atoms with Gasteiger partial charge in [-0.1, -0.05) is 18.2 Å². The number of nitrogens with one attached hydrogen (secondary N) is 2. The second-order valence-electron chi connectivity index (χ2n) is 4.78. The summed E-state index contributed by atoms with van der Waals surface area (Å²) in [5, 5.41) is 4.41. The summed E-state index contributed by atoms with van der Waals surface area (Å²) in [4.78, 5) is 18.9. The third-order valence-electron chi connectivity index (χ3n) is 3.37. The highest BCUT2D eigenvalue weighted by atomic mass is 35.5. The molecule has 0 radical (unpaired) electrons. The molecule has 21 heavy (non-hydrogen) atoms. The zero-order valence-corrected chi connectivity index (χ0v) is 12.1. The molecule has 6 heteroatoms. The van der Waals surface area contributed by atoms with Gasteiger partial charge in [0.05, 0.1) is 0 Å². The smallest absolute Gasteiger partial charge is 0.240 e. The van der Waals surface area contributed by atoms with Crippen LogP contribution in [0.2, 0.25) is 5.28 Å². The summed E-state index contributed by atoms with van der Waals surface area (Å²) in [6, 6.07) is 8.13. The van der Waals surface area contributed by atoms with Gasteiger partial charge in [-0.15, -0.1) is 0 Å². The molecule has 0 unspecified atom stereocenters. The number of fused-ring (bicyclic) bond motifs is 1. The van der Waals surface area contributed by atoms with Crippen LogP contribution in [0.5, 0.6) is 0 Å². The largest absolute Gasteiger partial charge is 0.361 e. The van der Waals surface area contributed by atoms with E-state index in [0.717, 1.165) is 11.9 Å². The Balaban J connectivity index is 1.54. The van der Waals surface area contributed by atoms with E-state index >= 15 is 0 Å². The summed E-state index contributed by atoms with van der Waals surface area (Å²) in [5.41, 5.74) is 2.32. The highest BCUT2D eigenvalue weighted by Crippen LogP contribution is 2.17. The van der Waals surface area contributed by atoms with Gasteiger partial charge in [0.25, 0.3) is 0 Å². The van der Waals surface area contributed by atoms with Crippen LogP contribution in [-0.2, 0) is 17.8 Å². The van der Waals surface area contributed by atoms with Gasteiger partial charge in [0, 0.05) is 36.0 Å². The van der Waals surface area contributed by atoms with Crippen LogP contribution < -0.4 is 5.32 Å². The average molecular weight is 303 g/mol. The highest BCUT2D eigenvalue weighted by Gasteiger charge is 2.07. The summed E-state index contributed by atoms with van der Waals surface area (Å²) in [6.07, 6.45) is 6.03. The Hall–Kier alpha value is -2.27. The topological polar surface area (TPSA) is 62.7 Å². The molecule has 0 saturated heterocycles. The molecule has 3 rings (SSSR count). The molecule has 3 aromatic rings. The summed E-state index contributed by atoms with van der Waals surface area (Å²) in [5.74, 6) is -0.0743. The van der Waals surface area contributed by atoms with Gasteiger partial charge in [0.2, 0.25) is 11.2 Å². The number of benzene rings is 1. The maximum absolute atomic E-state index is 11.8. The van der Waals surface area contributed by atoms with Crippen molar-refractivity contribution in [1.82, 2.24) is 19.9 Å². The Bertz CT molecular complexity index is 762. The molecule has 0 spiro atoms. The molecule has 1 amide bonds. The lowest BCUT2D eigenvalue weighted by Crippen LogP contribution is -2.29. The Labute approximate surface area is 126 Å². The fraction of sp³-hybridized carbons (Fsp3) is 0.200. The molecule has 2 heterocycles. The van der Waals surface area contributed by atoms with Crippen molar-refractivity contribution in [3.8, 4) is 0 Å². The zero-order chi connectivity index (χ0) is 14.7. The van der Waals surface area contributed by atoms with Crippen LogP contribution >= 0.6 is 11.6 Å². The van der Waals surface area contributed by atoms with E-state index in [1.54, 1.807) is 17.0 Å². The Morgan fingerprint density at radius 3 is 3.05 bits per heavy atom. The lowest BCUT2D eigenvalue weighted by molar-refractivity contribution is -0.121. The lowest BCUT2D eigenvalue weighted by Gasteiger charge is -2.06. The maximum Gasteiger partial charge on any atom is 0.240 e. The van der Waals surface area contributed by atoms with Gasteiger partial charge in [-0.2, -0.15) is 0 Å².